The van der Waals surface area contributed by atoms with E-state index in [2.05, 4.69) is 66.4 Å². The molecule has 1 unspecified atom stereocenters. The maximum atomic E-state index is 2.65. The molecule has 2 nitrogen and oxygen atoms in total. The summed E-state index contributed by atoms with van der Waals surface area (Å²) in [6.45, 7) is 7.03. The molecule has 0 saturated carbocycles. The van der Waals surface area contributed by atoms with Crippen LogP contribution in [0.3, 0.4) is 0 Å². The Morgan fingerprint density at radius 2 is 0.682 bits per heavy atom. The lowest BCUT2D eigenvalue weighted by Crippen LogP contribution is -2.41. The van der Waals surface area contributed by atoms with Crippen LogP contribution in [-0.2, 0) is 6.42 Å². The molecule has 0 fully saturated rings. The third kappa shape index (κ3) is 20.6. The van der Waals surface area contributed by atoms with Crippen molar-refractivity contribution in [2.75, 3.05) is 13.1 Å². The van der Waals surface area contributed by atoms with Crippen molar-refractivity contribution in [2.45, 2.75) is 206 Å². The minimum absolute atomic E-state index is 0.501. The molecule has 1 heterocycles. The Kier molecular flexibility index (Phi) is 25.5. The van der Waals surface area contributed by atoms with Gasteiger partial charge in [0.05, 0.1) is 0 Å². The average molecular weight is 609 g/mol. The zero-order chi connectivity index (χ0) is 31.2. The van der Waals surface area contributed by atoms with Gasteiger partial charge in [0.1, 0.15) is 6.17 Å². The van der Waals surface area contributed by atoms with Gasteiger partial charge < -0.3 is 9.80 Å². The summed E-state index contributed by atoms with van der Waals surface area (Å²) in [5.41, 5.74) is 1.47. The highest BCUT2D eigenvalue weighted by Gasteiger charge is 2.25. The van der Waals surface area contributed by atoms with E-state index in [1.54, 1.807) is 0 Å². The lowest BCUT2D eigenvalue weighted by atomic mass is 10.0. The van der Waals surface area contributed by atoms with Crippen LogP contribution in [0.1, 0.15) is 199 Å². The van der Waals surface area contributed by atoms with Gasteiger partial charge in [0, 0.05) is 31.9 Å². The zero-order valence-electron chi connectivity index (χ0n) is 29.9. The van der Waals surface area contributed by atoms with Crippen molar-refractivity contribution in [3.05, 3.63) is 48.3 Å². The van der Waals surface area contributed by atoms with E-state index in [9.17, 15) is 0 Å². The summed E-state index contributed by atoms with van der Waals surface area (Å²) in [4.78, 5) is 5.30. The summed E-state index contributed by atoms with van der Waals surface area (Å²) in [5, 5.41) is 0. The van der Waals surface area contributed by atoms with Crippen molar-refractivity contribution in [1.82, 2.24) is 9.80 Å². The number of hydrogen-bond acceptors (Lipinski definition) is 2. The molecule has 1 atom stereocenters. The third-order valence-corrected chi connectivity index (χ3v) is 10.0. The van der Waals surface area contributed by atoms with Crippen LogP contribution in [-0.4, -0.2) is 29.1 Å². The van der Waals surface area contributed by atoms with Crippen molar-refractivity contribution in [2.24, 2.45) is 0 Å². The van der Waals surface area contributed by atoms with Crippen LogP contribution in [0.5, 0.6) is 0 Å². The maximum absolute atomic E-state index is 2.65. The van der Waals surface area contributed by atoms with Gasteiger partial charge in [0.25, 0.3) is 0 Å². The molecule has 2 heteroatoms. The zero-order valence-corrected chi connectivity index (χ0v) is 29.9. The van der Waals surface area contributed by atoms with E-state index in [4.69, 9.17) is 0 Å². The van der Waals surface area contributed by atoms with Gasteiger partial charge in [0.2, 0.25) is 0 Å². The Bertz CT molecular complexity index is 743. The molecule has 0 bridgehead atoms. The largest absolute Gasteiger partial charge is 0.356 e. The molecule has 1 aromatic rings. The number of nitrogens with zero attached hydrogens (tertiary/aromatic N) is 2. The summed E-state index contributed by atoms with van der Waals surface area (Å²) in [7, 11) is 0. The van der Waals surface area contributed by atoms with Crippen molar-refractivity contribution in [3.8, 4) is 0 Å². The molecule has 0 aromatic heterocycles. The van der Waals surface area contributed by atoms with E-state index in [0.717, 1.165) is 6.42 Å². The van der Waals surface area contributed by atoms with E-state index in [-0.39, 0.29) is 0 Å². The van der Waals surface area contributed by atoms with E-state index >= 15 is 0 Å². The average Bonchev–Trinajstić information content (AvgIpc) is 3.42. The fourth-order valence-corrected chi connectivity index (χ4v) is 7.04. The van der Waals surface area contributed by atoms with Crippen LogP contribution < -0.4 is 0 Å². The van der Waals surface area contributed by atoms with Gasteiger partial charge in [-0.2, -0.15) is 0 Å². The first-order valence-corrected chi connectivity index (χ1v) is 20.1. The highest BCUT2D eigenvalue weighted by atomic mass is 15.4. The van der Waals surface area contributed by atoms with Crippen LogP contribution in [0.15, 0.2) is 42.7 Å². The van der Waals surface area contributed by atoms with E-state index in [0.29, 0.717) is 6.17 Å². The summed E-state index contributed by atoms with van der Waals surface area (Å²) >= 11 is 0. The first-order valence-electron chi connectivity index (χ1n) is 20.1. The second kappa shape index (κ2) is 29.0. The van der Waals surface area contributed by atoms with Gasteiger partial charge in [-0.05, 0) is 18.4 Å². The minimum Gasteiger partial charge on any atom is -0.356 e. The van der Waals surface area contributed by atoms with E-state index < -0.39 is 0 Å². The smallest absolute Gasteiger partial charge is 0.105 e. The molecular weight excluding hydrogens is 532 g/mol. The summed E-state index contributed by atoms with van der Waals surface area (Å²) in [6, 6.07) is 11.2. The summed E-state index contributed by atoms with van der Waals surface area (Å²) < 4.78 is 0. The number of rotatable bonds is 32. The van der Waals surface area contributed by atoms with Crippen LogP contribution in [0.25, 0.3) is 0 Å². The van der Waals surface area contributed by atoms with Gasteiger partial charge in [-0.15, -0.1) is 0 Å². The summed E-state index contributed by atoms with van der Waals surface area (Å²) in [5.74, 6) is 0. The molecule has 0 amide bonds. The van der Waals surface area contributed by atoms with Crippen LogP contribution in [0.2, 0.25) is 0 Å². The van der Waals surface area contributed by atoms with Crippen molar-refractivity contribution in [3.63, 3.8) is 0 Å². The van der Waals surface area contributed by atoms with Crippen molar-refractivity contribution >= 4 is 0 Å². The van der Waals surface area contributed by atoms with Crippen molar-refractivity contribution in [1.29, 1.82) is 0 Å². The van der Waals surface area contributed by atoms with Gasteiger partial charge in [-0.3, -0.25) is 0 Å². The topological polar surface area (TPSA) is 6.48 Å². The Morgan fingerprint density at radius 1 is 0.386 bits per heavy atom. The highest BCUT2D eigenvalue weighted by Crippen LogP contribution is 2.23. The number of hydrogen-bond donors (Lipinski definition) is 0. The molecule has 1 aliphatic heterocycles. The number of benzene rings is 1. The predicted octanol–water partition coefficient (Wildman–Crippen LogP) is 13.6. The Balaban J connectivity index is 1.51. The second-order valence-corrected chi connectivity index (χ2v) is 14.1. The molecule has 44 heavy (non-hydrogen) atoms. The van der Waals surface area contributed by atoms with Crippen LogP contribution >= 0.6 is 0 Å². The van der Waals surface area contributed by atoms with Gasteiger partial charge >= 0.3 is 0 Å². The van der Waals surface area contributed by atoms with Crippen molar-refractivity contribution < 1.29 is 0 Å². The van der Waals surface area contributed by atoms with Gasteiger partial charge in [-0.1, -0.05) is 211 Å². The minimum atomic E-state index is 0.501. The van der Waals surface area contributed by atoms with E-state index in [1.165, 1.54) is 198 Å². The molecule has 1 aliphatic rings. The monoisotopic (exact) mass is 609 g/mol. The molecule has 0 N–H and O–H groups in total. The Labute approximate surface area is 276 Å². The predicted molar refractivity (Wildman–Crippen MR) is 197 cm³/mol. The molecule has 1 aromatic carbocycles. The highest BCUT2D eigenvalue weighted by molar-refractivity contribution is 5.17. The standard InChI is InChI=1S/C42H76N2/c1-3-5-7-9-11-13-15-17-18-20-22-24-26-28-33-37-44-39-38-43(42(44)40-41-34-30-29-31-35-41)36-32-27-25-23-21-19-16-14-12-10-8-6-4-2/h29-31,34-35,38-39,42H,3-28,32-33,36-37,40H2,1-2H3. The second-order valence-electron chi connectivity index (χ2n) is 14.1. The number of unbranched alkanes of at least 4 members (excludes halogenated alkanes) is 26. The first-order chi connectivity index (χ1) is 21.8. The molecule has 0 saturated heterocycles. The molecule has 0 radical (unpaired) electrons. The molecule has 0 aliphatic carbocycles. The third-order valence-electron chi connectivity index (χ3n) is 10.0. The lowest BCUT2D eigenvalue weighted by Gasteiger charge is -2.33. The lowest BCUT2D eigenvalue weighted by molar-refractivity contribution is 0.148. The Hall–Kier alpha value is -1.44. The molecule has 0 spiro atoms. The van der Waals surface area contributed by atoms with Crippen LogP contribution in [0, 0.1) is 0 Å². The molecule has 254 valence electrons. The van der Waals surface area contributed by atoms with Gasteiger partial charge in [0.15, 0.2) is 0 Å². The summed E-state index contributed by atoms with van der Waals surface area (Å²) in [6.07, 6.45) is 46.5. The van der Waals surface area contributed by atoms with Gasteiger partial charge in [-0.25, -0.2) is 0 Å². The SMILES string of the molecule is CCCCCCCCCCCCCCCCCN1C=CN(CCCCCCCCCCCCCCC)C1Cc1ccccc1. The molecular formula is C42H76N2. The Morgan fingerprint density at radius 3 is 1.00 bits per heavy atom. The normalized spacial score (nSPS) is 14.7. The van der Waals surface area contributed by atoms with Crippen LogP contribution in [0.4, 0.5) is 0 Å². The fraction of sp³-hybridized carbons (Fsp3) is 0.810. The molecule has 2 rings (SSSR count). The first kappa shape index (κ1) is 38.7. The quantitative estimate of drug-likeness (QED) is 0.0751. The fourth-order valence-electron chi connectivity index (χ4n) is 7.04. The maximum Gasteiger partial charge on any atom is 0.105 e. The van der Waals surface area contributed by atoms with E-state index in [1.807, 2.05) is 0 Å².